The van der Waals surface area contributed by atoms with Crippen LogP contribution in [0.25, 0.3) is 0 Å². The van der Waals surface area contributed by atoms with Crippen molar-refractivity contribution in [1.82, 2.24) is 9.97 Å². The molecule has 0 radical (unpaired) electrons. The lowest BCUT2D eigenvalue weighted by Gasteiger charge is -2.28. The average molecular weight is 302 g/mol. The van der Waals surface area contributed by atoms with Crippen molar-refractivity contribution in [1.29, 1.82) is 0 Å². The van der Waals surface area contributed by atoms with Gasteiger partial charge in [0.1, 0.15) is 5.82 Å². The van der Waals surface area contributed by atoms with Crippen LogP contribution in [0.15, 0.2) is 6.07 Å². The monoisotopic (exact) mass is 302 g/mol. The van der Waals surface area contributed by atoms with Gasteiger partial charge in [0, 0.05) is 18.7 Å². The highest BCUT2D eigenvalue weighted by atomic mass is 19.4. The van der Waals surface area contributed by atoms with Gasteiger partial charge in [-0.3, -0.25) is 0 Å². The molecule has 1 saturated carbocycles. The molecule has 0 aromatic carbocycles. The smallest absolute Gasteiger partial charge is 0.367 e. The summed E-state index contributed by atoms with van der Waals surface area (Å²) < 4.78 is 38.7. The normalized spacial score (nSPS) is 21.3. The molecule has 0 amide bonds. The fourth-order valence-electron chi connectivity index (χ4n) is 2.68. The Bertz CT molecular complexity index is 499. The van der Waals surface area contributed by atoms with Crippen LogP contribution in [-0.2, 0) is 6.18 Å². The van der Waals surface area contributed by atoms with Crippen molar-refractivity contribution in [2.45, 2.75) is 52.3 Å². The second kappa shape index (κ2) is 5.69. The molecule has 0 saturated heterocycles. The summed E-state index contributed by atoms with van der Waals surface area (Å²) in [6, 6.07) is 1.11. The molecule has 1 aliphatic carbocycles. The molecule has 2 N–H and O–H groups in total. The van der Waals surface area contributed by atoms with Gasteiger partial charge in [-0.2, -0.15) is 18.2 Å². The van der Waals surface area contributed by atoms with Crippen molar-refractivity contribution < 1.29 is 13.2 Å². The van der Waals surface area contributed by atoms with Gasteiger partial charge in [-0.15, -0.1) is 0 Å². The van der Waals surface area contributed by atoms with Crippen LogP contribution in [0.4, 0.5) is 24.9 Å². The largest absolute Gasteiger partial charge is 0.433 e. The Morgan fingerprint density at radius 1 is 1.33 bits per heavy atom. The first-order chi connectivity index (χ1) is 9.72. The van der Waals surface area contributed by atoms with Crippen molar-refractivity contribution in [3.63, 3.8) is 0 Å². The Balaban J connectivity index is 2.28. The van der Waals surface area contributed by atoms with Gasteiger partial charge in [-0.1, -0.05) is 20.3 Å². The summed E-state index contributed by atoms with van der Waals surface area (Å²) in [4.78, 5) is 7.65. The molecule has 7 heteroatoms. The van der Waals surface area contributed by atoms with Crippen molar-refractivity contribution in [2.75, 3.05) is 17.2 Å². The molecule has 1 atom stereocenters. The minimum Gasteiger partial charge on any atom is -0.367 e. The van der Waals surface area contributed by atoms with Gasteiger partial charge in [0.15, 0.2) is 5.69 Å². The van der Waals surface area contributed by atoms with Crippen LogP contribution in [0.1, 0.15) is 45.7 Å². The number of nitrogens with one attached hydrogen (secondary N) is 2. The lowest BCUT2D eigenvalue weighted by atomic mass is 9.87. The molecule has 4 nitrogen and oxygen atoms in total. The van der Waals surface area contributed by atoms with E-state index in [1.165, 1.54) is 0 Å². The number of alkyl halides is 3. The Morgan fingerprint density at radius 2 is 2.05 bits per heavy atom. The summed E-state index contributed by atoms with van der Waals surface area (Å²) in [6.07, 6.45) is -1.41. The zero-order chi connectivity index (χ0) is 15.7. The van der Waals surface area contributed by atoms with E-state index in [-0.39, 0.29) is 23.2 Å². The van der Waals surface area contributed by atoms with Crippen molar-refractivity contribution in [3.05, 3.63) is 11.8 Å². The molecule has 1 aromatic rings. The lowest BCUT2D eigenvalue weighted by Crippen LogP contribution is -2.31. The van der Waals surface area contributed by atoms with E-state index in [9.17, 15) is 13.2 Å². The number of anilines is 2. The van der Waals surface area contributed by atoms with Gasteiger partial charge < -0.3 is 10.6 Å². The number of hydrogen-bond acceptors (Lipinski definition) is 4. The van der Waals surface area contributed by atoms with E-state index in [2.05, 4.69) is 34.4 Å². The summed E-state index contributed by atoms with van der Waals surface area (Å²) in [5, 5.41) is 5.90. The van der Waals surface area contributed by atoms with E-state index in [0.717, 1.165) is 25.3 Å². The molecule has 118 valence electrons. The number of aromatic nitrogens is 2. The summed E-state index contributed by atoms with van der Waals surface area (Å²) in [5.41, 5.74) is -0.867. The van der Waals surface area contributed by atoms with Gasteiger partial charge >= 0.3 is 6.18 Å². The number of hydrogen-bond donors (Lipinski definition) is 2. The van der Waals surface area contributed by atoms with Crippen LogP contribution < -0.4 is 10.6 Å². The van der Waals surface area contributed by atoms with Crippen LogP contribution in [0.5, 0.6) is 0 Å². The zero-order valence-corrected chi connectivity index (χ0v) is 12.5. The summed E-state index contributed by atoms with van der Waals surface area (Å²) in [6.45, 7) is 6.50. The maximum Gasteiger partial charge on any atom is 0.433 e. The topological polar surface area (TPSA) is 49.8 Å². The molecule has 0 bridgehead atoms. The molecule has 1 aliphatic rings. The van der Waals surface area contributed by atoms with E-state index < -0.39 is 11.9 Å². The number of halogens is 3. The maximum atomic E-state index is 12.9. The first-order valence-electron chi connectivity index (χ1n) is 7.19. The highest BCUT2D eigenvalue weighted by molar-refractivity contribution is 5.44. The van der Waals surface area contributed by atoms with Crippen molar-refractivity contribution >= 4 is 11.8 Å². The minimum absolute atomic E-state index is 0.00521. The van der Waals surface area contributed by atoms with Gasteiger partial charge in [-0.05, 0) is 25.2 Å². The molecule has 0 spiro atoms. The number of nitrogens with zero attached hydrogens (tertiary/aromatic N) is 2. The first-order valence-corrected chi connectivity index (χ1v) is 7.19. The summed E-state index contributed by atoms with van der Waals surface area (Å²) in [5.74, 6) is 0.235. The molecule has 1 fully saturated rings. The molecule has 1 aromatic heterocycles. The molecular formula is C14H21F3N4. The third kappa shape index (κ3) is 3.77. The van der Waals surface area contributed by atoms with E-state index in [1.807, 2.05) is 0 Å². The third-order valence-electron chi connectivity index (χ3n) is 3.93. The van der Waals surface area contributed by atoms with Crippen LogP contribution in [0.2, 0.25) is 0 Å². The van der Waals surface area contributed by atoms with Crippen molar-refractivity contribution in [2.24, 2.45) is 5.41 Å². The van der Waals surface area contributed by atoms with E-state index >= 15 is 0 Å². The molecule has 21 heavy (non-hydrogen) atoms. The Labute approximate surface area is 122 Å². The van der Waals surface area contributed by atoms with Gasteiger partial charge in [0.2, 0.25) is 5.95 Å². The molecule has 1 unspecified atom stereocenters. The first kappa shape index (κ1) is 15.9. The van der Waals surface area contributed by atoms with Gasteiger partial charge in [0.05, 0.1) is 0 Å². The fraction of sp³-hybridized carbons (Fsp3) is 0.714. The Morgan fingerprint density at radius 3 is 2.57 bits per heavy atom. The maximum absolute atomic E-state index is 12.9. The minimum atomic E-state index is -4.48. The lowest BCUT2D eigenvalue weighted by molar-refractivity contribution is -0.141. The molecule has 0 aliphatic heterocycles. The summed E-state index contributed by atoms with van der Waals surface area (Å²) in [7, 11) is 0. The predicted octanol–water partition coefficient (Wildman–Crippen LogP) is 3.92. The summed E-state index contributed by atoms with van der Waals surface area (Å²) >= 11 is 0. The Hall–Kier alpha value is -1.53. The molecule has 2 rings (SSSR count). The van der Waals surface area contributed by atoms with Crippen molar-refractivity contribution in [3.8, 4) is 0 Å². The molecule has 1 heterocycles. The third-order valence-corrected chi connectivity index (χ3v) is 3.93. The standard InChI is InChI=1S/C14H21F3N4/c1-4-18-12-20-10(14(15,16)17)8-11(21-12)19-9-6-5-7-13(9,2)3/h8-9H,4-7H2,1-3H3,(H2,18,19,20,21). The SMILES string of the molecule is CCNc1nc(NC2CCCC2(C)C)cc(C(F)(F)F)n1. The zero-order valence-electron chi connectivity index (χ0n) is 12.5. The van der Waals surface area contributed by atoms with Gasteiger partial charge in [-0.25, -0.2) is 4.98 Å². The number of rotatable bonds is 4. The second-order valence-corrected chi connectivity index (χ2v) is 6.07. The van der Waals surface area contributed by atoms with Crippen LogP contribution in [-0.4, -0.2) is 22.6 Å². The molecular weight excluding hydrogens is 281 g/mol. The fourth-order valence-corrected chi connectivity index (χ4v) is 2.68. The average Bonchev–Trinajstić information content (AvgIpc) is 2.68. The Kier molecular flexibility index (Phi) is 4.30. The van der Waals surface area contributed by atoms with Gasteiger partial charge in [0.25, 0.3) is 0 Å². The second-order valence-electron chi connectivity index (χ2n) is 6.07. The van der Waals surface area contributed by atoms with E-state index in [1.54, 1.807) is 6.92 Å². The van der Waals surface area contributed by atoms with Crippen LogP contribution in [0.3, 0.4) is 0 Å². The predicted molar refractivity (Wildman–Crippen MR) is 76.2 cm³/mol. The van der Waals surface area contributed by atoms with Crippen LogP contribution in [0, 0.1) is 5.41 Å². The van der Waals surface area contributed by atoms with Crippen LogP contribution >= 0.6 is 0 Å². The highest BCUT2D eigenvalue weighted by Gasteiger charge is 2.36. The quantitative estimate of drug-likeness (QED) is 0.885. The highest BCUT2D eigenvalue weighted by Crippen LogP contribution is 2.39. The van der Waals surface area contributed by atoms with E-state index in [4.69, 9.17) is 0 Å². The van der Waals surface area contributed by atoms with E-state index in [0.29, 0.717) is 6.54 Å².